The van der Waals surface area contributed by atoms with E-state index in [2.05, 4.69) is 32.6 Å². The highest BCUT2D eigenvalue weighted by molar-refractivity contribution is 14.1. The van der Waals surface area contributed by atoms with Gasteiger partial charge < -0.3 is 15.0 Å². The van der Waals surface area contributed by atoms with Gasteiger partial charge in [-0.15, -0.1) is 0 Å². The van der Waals surface area contributed by atoms with Crippen molar-refractivity contribution in [3.05, 3.63) is 50.6 Å². The summed E-state index contributed by atoms with van der Waals surface area (Å²) in [6.45, 7) is 2.34. The van der Waals surface area contributed by atoms with E-state index >= 15 is 0 Å². The molecular formula is C22H24ClF2IN4O4S. The average Bonchev–Trinajstić information content (AvgIpc) is 2.85. The zero-order valence-corrected chi connectivity index (χ0v) is 22.3. The van der Waals surface area contributed by atoms with E-state index < -0.39 is 21.8 Å². The van der Waals surface area contributed by atoms with E-state index in [1.165, 1.54) is 4.31 Å². The molecule has 2 aliphatic rings. The average molecular weight is 641 g/mol. The number of nitrogens with zero attached hydrogens (tertiary/aromatic N) is 2. The molecular weight excluding hydrogens is 617 g/mol. The number of hydrogen-bond donors (Lipinski definition) is 2. The zero-order valence-electron chi connectivity index (χ0n) is 18.6. The van der Waals surface area contributed by atoms with E-state index in [1.807, 2.05) is 0 Å². The van der Waals surface area contributed by atoms with Gasteiger partial charge in [0.25, 0.3) is 0 Å². The molecule has 0 atom stereocenters. The number of rotatable bonds is 6. The predicted octanol–water partition coefficient (Wildman–Crippen LogP) is 4.19. The molecule has 8 nitrogen and oxygen atoms in total. The third kappa shape index (κ3) is 6.16. The van der Waals surface area contributed by atoms with Gasteiger partial charge in [0.05, 0.1) is 29.6 Å². The van der Waals surface area contributed by atoms with Gasteiger partial charge in [0.2, 0.25) is 5.91 Å². The Morgan fingerprint density at radius 2 is 1.71 bits per heavy atom. The molecule has 2 fully saturated rings. The highest BCUT2D eigenvalue weighted by Crippen LogP contribution is 2.35. The van der Waals surface area contributed by atoms with Crippen LogP contribution >= 0.6 is 34.2 Å². The summed E-state index contributed by atoms with van der Waals surface area (Å²) >= 11 is 8.27. The van der Waals surface area contributed by atoms with Gasteiger partial charge in [-0.3, -0.25) is 9.52 Å². The maximum atomic E-state index is 14.7. The highest BCUT2D eigenvalue weighted by Gasteiger charge is 2.34. The molecule has 35 heavy (non-hydrogen) atoms. The lowest BCUT2D eigenvalue weighted by molar-refractivity contribution is -0.140. The van der Waals surface area contributed by atoms with Crippen LogP contribution in [0.5, 0.6) is 0 Å². The third-order valence-electron chi connectivity index (χ3n) is 5.99. The van der Waals surface area contributed by atoms with E-state index in [4.69, 9.17) is 16.3 Å². The standard InChI is InChI=1S/C22H24ClF2IN4O4S/c23-16-13-15(26)1-3-18(16)27-21-19(4-2-17(24)20(21)25)28-35(32,33)30-7-5-14(6-8-30)22(31)29-9-11-34-12-10-29/h1-4,13-14,27-28H,5-12H2. The SMILES string of the molecule is O=C(C1CCN(S(=O)(=O)Nc2ccc(F)c(F)c2Nc2ccc(I)cc2Cl)CC1)N1CCOCC1. The van der Waals surface area contributed by atoms with Crippen LogP contribution < -0.4 is 10.0 Å². The van der Waals surface area contributed by atoms with Crippen LogP contribution in [0.2, 0.25) is 5.02 Å². The molecule has 13 heteroatoms. The van der Waals surface area contributed by atoms with Crippen molar-refractivity contribution >= 4 is 67.4 Å². The number of piperidine rings is 1. The molecule has 4 rings (SSSR count). The summed E-state index contributed by atoms with van der Waals surface area (Å²) in [4.78, 5) is 14.5. The number of halogens is 4. The van der Waals surface area contributed by atoms with Gasteiger partial charge >= 0.3 is 10.2 Å². The van der Waals surface area contributed by atoms with Crippen molar-refractivity contribution in [1.29, 1.82) is 0 Å². The van der Waals surface area contributed by atoms with Crippen molar-refractivity contribution in [3.63, 3.8) is 0 Å². The Kier molecular flexibility index (Phi) is 8.36. The summed E-state index contributed by atoms with van der Waals surface area (Å²) in [5.74, 6) is -2.63. The van der Waals surface area contributed by atoms with Crippen molar-refractivity contribution < 1.29 is 26.7 Å². The topological polar surface area (TPSA) is 91.0 Å². The van der Waals surface area contributed by atoms with Crippen LogP contribution in [0.1, 0.15) is 12.8 Å². The quantitative estimate of drug-likeness (QED) is 0.463. The molecule has 0 saturated carbocycles. The number of carbonyl (C=O) groups is 1. The van der Waals surface area contributed by atoms with E-state index in [-0.39, 0.29) is 41.3 Å². The molecule has 190 valence electrons. The van der Waals surface area contributed by atoms with Crippen LogP contribution in [0.15, 0.2) is 30.3 Å². The largest absolute Gasteiger partial charge is 0.378 e. The molecule has 2 aliphatic heterocycles. The summed E-state index contributed by atoms with van der Waals surface area (Å²) in [5, 5.41) is 2.97. The summed E-state index contributed by atoms with van der Waals surface area (Å²) in [6.07, 6.45) is 0.747. The Hall–Kier alpha value is -1.74. The molecule has 0 radical (unpaired) electrons. The van der Waals surface area contributed by atoms with Gasteiger partial charge in [0, 0.05) is 35.7 Å². The van der Waals surface area contributed by atoms with E-state index in [9.17, 15) is 22.0 Å². The minimum Gasteiger partial charge on any atom is -0.378 e. The van der Waals surface area contributed by atoms with Gasteiger partial charge in [-0.25, -0.2) is 8.78 Å². The van der Waals surface area contributed by atoms with Crippen LogP contribution in [0.25, 0.3) is 0 Å². The normalized spacial score (nSPS) is 17.9. The van der Waals surface area contributed by atoms with Crippen LogP contribution in [-0.4, -0.2) is 62.9 Å². The Bertz CT molecular complexity index is 1210. The number of hydrogen-bond acceptors (Lipinski definition) is 5. The fraction of sp³-hybridized carbons (Fsp3) is 0.409. The number of ether oxygens (including phenoxy) is 1. The Labute approximate surface area is 221 Å². The van der Waals surface area contributed by atoms with Crippen molar-refractivity contribution in [2.24, 2.45) is 5.92 Å². The fourth-order valence-corrected chi connectivity index (χ4v) is 6.24. The molecule has 0 spiro atoms. The van der Waals surface area contributed by atoms with Gasteiger partial charge in [-0.05, 0) is 65.8 Å². The Morgan fingerprint density at radius 1 is 1.06 bits per heavy atom. The maximum absolute atomic E-state index is 14.7. The van der Waals surface area contributed by atoms with Gasteiger partial charge in [0.1, 0.15) is 5.69 Å². The molecule has 0 bridgehead atoms. The molecule has 2 heterocycles. The molecule has 2 aromatic carbocycles. The van der Waals surface area contributed by atoms with E-state index in [0.29, 0.717) is 44.8 Å². The predicted molar refractivity (Wildman–Crippen MR) is 138 cm³/mol. The van der Waals surface area contributed by atoms with Crippen molar-refractivity contribution in [1.82, 2.24) is 9.21 Å². The summed E-state index contributed by atoms with van der Waals surface area (Å²) < 4.78 is 64.6. The Balaban J connectivity index is 1.47. The molecule has 2 N–H and O–H groups in total. The second kappa shape index (κ2) is 11.1. The summed E-state index contributed by atoms with van der Waals surface area (Å²) in [7, 11) is -4.10. The minimum atomic E-state index is -4.10. The number of carbonyl (C=O) groups excluding carboxylic acids is 1. The second-order valence-corrected chi connectivity index (χ2v) is 11.6. The van der Waals surface area contributed by atoms with Crippen LogP contribution in [0, 0.1) is 21.1 Å². The minimum absolute atomic E-state index is 0.0137. The molecule has 0 unspecified atom stereocenters. The van der Waals surface area contributed by atoms with E-state index in [0.717, 1.165) is 15.7 Å². The summed E-state index contributed by atoms with van der Waals surface area (Å²) in [5.41, 5.74) is -0.251. The lowest BCUT2D eigenvalue weighted by Gasteiger charge is -2.35. The first kappa shape index (κ1) is 26.3. The third-order valence-corrected chi connectivity index (χ3v) is 8.50. The Morgan fingerprint density at radius 3 is 2.37 bits per heavy atom. The molecule has 0 aliphatic carbocycles. The first-order valence-electron chi connectivity index (χ1n) is 11.0. The number of anilines is 3. The highest BCUT2D eigenvalue weighted by atomic mass is 127. The zero-order chi connectivity index (χ0) is 25.2. The van der Waals surface area contributed by atoms with Crippen LogP contribution in [-0.2, 0) is 19.7 Å². The number of nitrogens with one attached hydrogen (secondary N) is 2. The number of morpholine rings is 1. The molecule has 2 saturated heterocycles. The van der Waals surface area contributed by atoms with Crippen molar-refractivity contribution in [3.8, 4) is 0 Å². The molecule has 0 aromatic heterocycles. The molecule has 2 aromatic rings. The van der Waals surface area contributed by atoms with Gasteiger partial charge in [-0.1, -0.05) is 11.6 Å². The lowest BCUT2D eigenvalue weighted by atomic mass is 9.96. The smallest absolute Gasteiger partial charge is 0.301 e. The first-order valence-corrected chi connectivity index (χ1v) is 13.9. The first-order chi connectivity index (χ1) is 16.7. The van der Waals surface area contributed by atoms with Crippen LogP contribution in [0.4, 0.5) is 25.8 Å². The molecule has 1 amide bonds. The monoisotopic (exact) mass is 640 g/mol. The van der Waals surface area contributed by atoms with Crippen molar-refractivity contribution in [2.45, 2.75) is 12.8 Å². The van der Waals surface area contributed by atoms with Gasteiger partial charge in [0.15, 0.2) is 11.6 Å². The number of amides is 1. The van der Waals surface area contributed by atoms with Gasteiger partial charge in [-0.2, -0.15) is 12.7 Å². The number of benzene rings is 2. The summed E-state index contributed by atoms with van der Waals surface area (Å²) in [6, 6.07) is 6.93. The van der Waals surface area contributed by atoms with Crippen molar-refractivity contribution in [2.75, 3.05) is 49.4 Å². The van der Waals surface area contributed by atoms with Crippen LogP contribution in [0.3, 0.4) is 0 Å². The lowest BCUT2D eigenvalue weighted by Crippen LogP contribution is -2.48. The van der Waals surface area contributed by atoms with E-state index in [1.54, 1.807) is 23.1 Å². The maximum Gasteiger partial charge on any atom is 0.301 e. The fourth-order valence-electron chi connectivity index (χ4n) is 4.07. The second-order valence-electron chi connectivity index (χ2n) is 8.25.